The number of sulfonamides is 1. The van der Waals surface area contributed by atoms with Crippen LogP contribution in [0.1, 0.15) is 16.1 Å². The molecular weight excluding hydrogens is 464 g/mol. The van der Waals surface area contributed by atoms with Gasteiger partial charge in [0.25, 0.3) is 21.6 Å². The van der Waals surface area contributed by atoms with Crippen LogP contribution >= 0.6 is 11.3 Å². The fourth-order valence-electron chi connectivity index (χ4n) is 3.31. The van der Waals surface area contributed by atoms with Crippen LogP contribution in [-0.4, -0.2) is 24.5 Å². The molecule has 1 amide bonds. The van der Waals surface area contributed by atoms with Crippen LogP contribution in [0.3, 0.4) is 0 Å². The summed E-state index contributed by atoms with van der Waals surface area (Å²) in [5.41, 5.74) is 1.89. The third-order valence-electron chi connectivity index (χ3n) is 4.81. The maximum atomic E-state index is 13.3. The number of rotatable bonds is 6. The number of aromatic nitrogens is 2. The standard InChI is InChI=1S/C22H16N4O5S2/c1-13-20-14(12-17(18-8-4-10-30-18)24-22(20)31-25-13)21(27)23-15-6-2-3-7-16(15)26-33(28,29)19-9-5-11-32-19/h2-12,26H,1H3,(H,23,27). The van der Waals surface area contributed by atoms with E-state index < -0.39 is 15.9 Å². The molecule has 11 heteroatoms. The van der Waals surface area contributed by atoms with Crippen LogP contribution in [-0.2, 0) is 10.0 Å². The molecule has 0 atom stereocenters. The molecule has 1 aromatic carbocycles. The molecule has 0 bridgehead atoms. The van der Waals surface area contributed by atoms with E-state index in [0.29, 0.717) is 28.2 Å². The van der Waals surface area contributed by atoms with E-state index in [9.17, 15) is 13.2 Å². The molecule has 0 aliphatic carbocycles. The Bertz CT molecular complexity index is 1560. The van der Waals surface area contributed by atoms with Gasteiger partial charge in [0.05, 0.1) is 34.3 Å². The largest absolute Gasteiger partial charge is 0.463 e. The molecule has 0 aliphatic heterocycles. The van der Waals surface area contributed by atoms with E-state index in [-0.39, 0.29) is 21.2 Å². The second-order valence-electron chi connectivity index (χ2n) is 7.02. The average Bonchev–Trinajstić information content (AvgIpc) is 3.57. The number of hydrogen-bond acceptors (Lipinski definition) is 8. The van der Waals surface area contributed by atoms with Crippen molar-refractivity contribution in [3.05, 3.63) is 77.5 Å². The van der Waals surface area contributed by atoms with Gasteiger partial charge in [-0.3, -0.25) is 9.52 Å². The SMILES string of the molecule is Cc1noc2nc(-c3ccco3)cc(C(=O)Nc3ccccc3NS(=O)(=O)c3cccs3)c12. The molecule has 0 radical (unpaired) electrons. The predicted octanol–water partition coefficient (Wildman–Crippen LogP) is 4.91. The Balaban J connectivity index is 1.52. The first-order valence-corrected chi connectivity index (χ1v) is 12.1. The zero-order valence-corrected chi connectivity index (χ0v) is 18.7. The maximum Gasteiger partial charge on any atom is 0.271 e. The van der Waals surface area contributed by atoms with E-state index in [4.69, 9.17) is 8.94 Å². The Hall–Kier alpha value is -3.96. The number of aryl methyl sites for hydroxylation is 1. The summed E-state index contributed by atoms with van der Waals surface area (Å²) in [4.78, 5) is 17.7. The van der Waals surface area contributed by atoms with Crippen LogP contribution in [0.4, 0.5) is 11.4 Å². The number of para-hydroxylation sites is 2. The number of carbonyl (C=O) groups excluding carboxylic acids is 1. The summed E-state index contributed by atoms with van der Waals surface area (Å²) in [6.07, 6.45) is 1.50. The van der Waals surface area contributed by atoms with E-state index in [1.807, 2.05) is 0 Å². The molecule has 33 heavy (non-hydrogen) atoms. The van der Waals surface area contributed by atoms with E-state index >= 15 is 0 Å². The number of fused-ring (bicyclic) bond motifs is 1. The molecule has 5 aromatic rings. The van der Waals surface area contributed by atoms with E-state index in [1.165, 1.54) is 12.3 Å². The van der Waals surface area contributed by atoms with E-state index in [0.717, 1.165) is 11.3 Å². The van der Waals surface area contributed by atoms with Gasteiger partial charge < -0.3 is 14.3 Å². The van der Waals surface area contributed by atoms with Gasteiger partial charge in [0.15, 0.2) is 5.76 Å². The van der Waals surface area contributed by atoms with Crippen molar-refractivity contribution in [3.63, 3.8) is 0 Å². The Morgan fingerprint density at radius 3 is 2.61 bits per heavy atom. The van der Waals surface area contributed by atoms with Gasteiger partial charge in [0.2, 0.25) is 0 Å². The molecule has 0 spiro atoms. The van der Waals surface area contributed by atoms with Crippen LogP contribution in [0.15, 0.2) is 79.4 Å². The normalized spacial score (nSPS) is 11.5. The van der Waals surface area contributed by atoms with Gasteiger partial charge in [-0.05, 0) is 48.7 Å². The second-order valence-corrected chi connectivity index (χ2v) is 9.87. The minimum Gasteiger partial charge on any atom is -0.463 e. The van der Waals surface area contributed by atoms with Gasteiger partial charge in [-0.15, -0.1) is 11.3 Å². The highest BCUT2D eigenvalue weighted by molar-refractivity contribution is 7.94. The fourth-order valence-corrected chi connectivity index (χ4v) is 5.38. The summed E-state index contributed by atoms with van der Waals surface area (Å²) in [5.74, 6) is -0.0200. The summed E-state index contributed by atoms with van der Waals surface area (Å²) in [5, 5.41) is 8.84. The van der Waals surface area contributed by atoms with Gasteiger partial charge in [-0.1, -0.05) is 23.4 Å². The van der Waals surface area contributed by atoms with Crippen LogP contribution in [0, 0.1) is 6.92 Å². The third kappa shape index (κ3) is 3.99. The maximum absolute atomic E-state index is 13.3. The van der Waals surface area contributed by atoms with Crippen LogP contribution < -0.4 is 10.0 Å². The molecule has 0 fully saturated rings. The topological polar surface area (TPSA) is 127 Å². The van der Waals surface area contributed by atoms with Crippen LogP contribution in [0.25, 0.3) is 22.6 Å². The number of anilines is 2. The molecule has 4 heterocycles. The van der Waals surface area contributed by atoms with E-state index in [2.05, 4.69) is 20.2 Å². The number of furan rings is 1. The first-order chi connectivity index (χ1) is 15.9. The second kappa shape index (κ2) is 8.19. The van der Waals surface area contributed by atoms with Crippen molar-refractivity contribution in [2.24, 2.45) is 0 Å². The first-order valence-electron chi connectivity index (χ1n) is 9.70. The summed E-state index contributed by atoms with van der Waals surface area (Å²) in [7, 11) is -3.79. The highest BCUT2D eigenvalue weighted by Crippen LogP contribution is 2.30. The van der Waals surface area contributed by atoms with Gasteiger partial charge in [-0.25, -0.2) is 13.4 Å². The van der Waals surface area contributed by atoms with Gasteiger partial charge in [0, 0.05) is 0 Å². The highest BCUT2D eigenvalue weighted by Gasteiger charge is 2.22. The number of pyridine rings is 1. The number of hydrogen-bond donors (Lipinski definition) is 2. The van der Waals surface area contributed by atoms with Crippen LogP contribution in [0.2, 0.25) is 0 Å². The lowest BCUT2D eigenvalue weighted by atomic mass is 10.1. The molecule has 9 nitrogen and oxygen atoms in total. The number of thiophene rings is 1. The highest BCUT2D eigenvalue weighted by atomic mass is 32.2. The molecule has 2 N–H and O–H groups in total. The van der Waals surface area contributed by atoms with Crippen molar-refractivity contribution in [1.29, 1.82) is 0 Å². The Kier molecular flexibility index (Phi) is 5.19. The number of nitrogens with zero attached hydrogens (tertiary/aromatic N) is 2. The molecular formula is C22H16N4O5S2. The lowest BCUT2D eigenvalue weighted by Crippen LogP contribution is -2.17. The Morgan fingerprint density at radius 1 is 1.06 bits per heavy atom. The van der Waals surface area contributed by atoms with E-state index in [1.54, 1.807) is 60.8 Å². The summed E-state index contributed by atoms with van der Waals surface area (Å²) in [6, 6.07) is 14.7. The third-order valence-corrected chi connectivity index (χ3v) is 7.58. The monoisotopic (exact) mass is 480 g/mol. The Labute approximate surface area is 192 Å². The zero-order valence-electron chi connectivity index (χ0n) is 17.1. The van der Waals surface area contributed by atoms with Crippen molar-refractivity contribution < 1.29 is 22.2 Å². The quantitative estimate of drug-likeness (QED) is 0.354. The molecule has 166 valence electrons. The summed E-state index contributed by atoms with van der Waals surface area (Å²) >= 11 is 1.10. The van der Waals surface area contributed by atoms with Crippen molar-refractivity contribution in [3.8, 4) is 11.5 Å². The minimum atomic E-state index is -3.79. The van der Waals surface area contributed by atoms with Crippen molar-refractivity contribution in [2.45, 2.75) is 11.1 Å². The van der Waals surface area contributed by atoms with Crippen molar-refractivity contribution in [2.75, 3.05) is 10.0 Å². The van der Waals surface area contributed by atoms with Gasteiger partial charge >= 0.3 is 0 Å². The van der Waals surface area contributed by atoms with Crippen LogP contribution in [0.5, 0.6) is 0 Å². The molecule has 0 aliphatic rings. The first kappa shape index (κ1) is 20.9. The van der Waals surface area contributed by atoms with Crippen molar-refractivity contribution >= 4 is 49.7 Å². The Morgan fingerprint density at radius 2 is 1.88 bits per heavy atom. The minimum absolute atomic E-state index is 0.169. The smallest absolute Gasteiger partial charge is 0.271 e. The van der Waals surface area contributed by atoms with Crippen molar-refractivity contribution in [1.82, 2.24) is 10.1 Å². The van der Waals surface area contributed by atoms with Gasteiger partial charge in [-0.2, -0.15) is 0 Å². The molecule has 0 unspecified atom stereocenters. The number of amides is 1. The van der Waals surface area contributed by atoms with Gasteiger partial charge in [0.1, 0.15) is 9.90 Å². The summed E-state index contributed by atoms with van der Waals surface area (Å²) < 4.78 is 38.8. The lowest BCUT2D eigenvalue weighted by Gasteiger charge is -2.13. The molecule has 4 aromatic heterocycles. The summed E-state index contributed by atoms with van der Waals surface area (Å²) in [6.45, 7) is 1.71. The molecule has 0 saturated heterocycles. The number of benzene rings is 1. The fraction of sp³-hybridized carbons (Fsp3) is 0.0455. The zero-order chi connectivity index (χ0) is 23.0. The predicted molar refractivity (Wildman–Crippen MR) is 124 cm³/mol. The average molecular weight is 481 g/mol. The lowest BCUT2D eigenvalue weighted by molar-refractivity contribution is 0.102. The molecule has 0 saturated carbocycles. The number of nitrogens with one attached hydrogen (secondary N) is 2. The molecule has 5 rings (SSSR count). The number of carbonyl (C=O) groups is 1.